The molecular weight excluding hydrogens is 464 g/mol. The number of hydrogen-bond donors (Lipinski definition) is 1. The minimum absolute atomic E-state index is 0.101. The van der Waals surface area contributed by atoms with Gasteiger partial charge in [0.2, 0.25) is 5.91 Å². The van der Waals surface area contributed by atoms with Crippen LogP contribution in [0.1, 0.15) is 17.0 Å². The van der Waals surface area contributed by atoms with Crippen molar-refractivity contribution in [3.05, 3.63) is 76.5 Å². The maximum Gasteiger partial charge on any atom is 0.234 e. The predicted octanol–water partition coefficient (Wildman–Crippen LogP) is 5.15. The van der Waals surface area contributed by atoms with Crippen LogP contribution in [0.4, 0.5) is 5.69 Å². The van der Waals surface area contributed by atoms with Crippen LogP contribution in [0.15, 0.2) is 64.7 Å². The van der Waals surface area contributed by atoms with Crippen LogP contribution in [-0.4, -0.2) is 26.4 Å². The monoisotopic (exact) mass is 486 g/mol. The number of amides is 1. The lowest BCUT2D eigenvalue weighted by molar-refractivity contribution is -0.113. The van der Waals surface area contributed by atoms with Crippen molar-refractivity contribution in [3.8, 4) is 5.75 Å². The summed E-state index contributed by atoms with van der Waals surface area (Å²) < 4.78 is 8.71. The second-order valence-corrected chi connectivity index (χ2v) is 8.55. The van der Waals surface area contributed by atoms with Crippen LogP contribution in [-0.2, 0) is 17.9 Å². The number of ether oxygens (including phenoxy) is 1. The summed E-state index contributed by atoms with van der Waals surface area (Å²) in [6.45, 7) is 8.61. The minimum Gasteiger partial charge on any atom is -0.486 e. The van der Waals surface area contributed by atoms with Gasteiger partial charge in [-0.2, -0.15) is 0 Å². The molecule has 0 atom stereocenters. The number of aryl methyl sites for hydroxylation is 2. The third-order valence-corrected chi connectivity index (χ3v) is 5.75. The summed E-state index contributed by atoms with van der Waals surface area (Å²) in [6.07, 6.45) is 1.77. The van der Waals surface area contributed by atoms with Gasteiger partial charge in [-0.1, -0.05) is 51.5 Å². The second-order valence-electron chi connectivity index (χ2n) is 6.70. The first-order valence-electron chi connectivity index (χ1n) is 9.37. The van der Waals surface area contributed by atoms with Crippen LogP contribution in [0.2, 0.25) is 0 Å². The van der Waals surface area contributed by atoms with E-state index in [2.05, 4.69) is 38.0 Å². The SMILES string of the molecule is C=CCn1c(COc2ccc(C)cc2)nnc1SCC(=O)Nc1ccc(Br)cc1C. The molecule has 1 amide bonds. The highest BCUT2D eigenvalue weighted by Gasteiger charge is 2.14. The van der Waals surface area contributed by atoms with Crippen molar-refractivity contribution in [2.24, 2.45) is 0 Å². The first-order chi connectivity index (χ1) is 14.5. The zero-order valence-electron chi connectivity index (χ0n) is 16.9. The number of allylic oxidation sites excluding steroid dienone is 1. The Labute approximate surface area is 188 Å². The Morgan fingerprint density at radius 1 is 1.23 bits per heavy atom. The Morgan fingerprint density at radius 3 is 2.70 bits per heavy atom. The third kappa shape index (κ3) is 5.96. The van der Waals surface area contributed by atoms with Crippen LogP contribution in [0, 0.1) is 13.8 Å². The number of carbonyl (C=O) groups is 1. The third-order valence-electron chi connectivity index (χ3n) is 4.29. The molecule has 3 aromatic rings. The molecule has 0 saturated heterocycles. The molecule has 0 aliphatic heterocycles. The Hall–Kier alpha value is -2.58. The molecule has 2 aromatic carbocycles. The minimum atomic E-state index is -0.101. The number of nitrogens with zero attached hydrogens (tertiary/aromatic N) is 3. The lowest BCUT2D eigenvalue weighted by atomic mass is 10.2. The van der Waals surface area contributed by atoms with Gasteiger partial charge >= 0.3 is 0 Å². The van der Waals surface area contributed by atoms with E-state index in [1.54, 1.807) is 6.08 Å². The molecule has 3 rings (SSSR count). The molecule has 0 fully saturated rings. The van der Waals surface area contributed by atoms with Crippen molar-refractivity contribution in [2.75, 3.05) is 11.1 Å². The van der Waals surface area contributed by atoms with Gasteiger partial charge in [-0.15, -0.1) is 16.8 Å². The molecule has 0 saturated carbocycles. The van der Waals surface area contributed by atoms with E-state index in [0.717, 1.165) is 21.5 Å². The number of nitrogens with one attached hydrogen (secondary N) is 1. The molecule has 0 aliphatic carbocycles. The number of benzene rings is 2. The average molecular weight is 487 g/mol. The van der Waals surface area contributed by atoms with Crippen molar-refractivity contribution in [3.63, 3.8) is 0 Å². The number of aromatic nitrogens is 3. The van der Waals surface area contributed by atoms with E-state index in [0.29, 0.717) is 17.5 Å². The predicted molar refractivity (Wildman–Crippen MR) is 124 cm³/mol. The summed E-state index contributed by atoms with van der Waals surface area (Å²) in [4.78, 5) is 12.4. The highest BCUT2D eigenvalue weighted by molar-refractivity contribution is 9.10. The van der Waals surface area contributed by atoms with E-state index in [4.69, 9.17) is 4.74 Å². The van der Waals surface area contributed by atoms with Crippen molar-refractivity contribution in [1.29, 1.82) is 0 Å². The quantitative estimate of drug-likeness (QED) is 0.334. The fraction of sp³-hybridized carbons (Fsp3) is 0.227. The molecular formula is C22H23BrN4O2S. The largest absolute Gasteiger partial charge is 0.486 e. The lowest BCUT2D eigenvalue weighted by Gasteiger charge is -2.10. The average Bonchev–Trinajstić information content (AvgIpc) is 3.10. The van der Waals surface area contributed by atoms with E-state index in [1.807, 2.05) is 60.9 Å². The fourth-order valence-corrected chi connectivity index (χ4v) is 3.95. The van der Waals surface area contributed by atoms with Gasteiger partial charge in [-0.3, -0.25) is 9.36 Å². The highest BCUT2D eigenvalue weighted by Crippen LogP contribution is 2.22. The molecule has 156 valence electrons. The Bertz CT molecular complexity index is 1030. The van der Waals surface area contributed by atoms with Crippen LogP contribution >= 0.6 is 27.7 Å². The smallest absolute Gasteiger partial charge is 0.234 e. The van der Waals surface area contributed by atoms with E-state index in [-0.39, 0.29) is 18.3 Å². The fourth-order valence-electron chi connectivity index (χ4n) is 2.71. The lowest BCUT2D eigenvalue weighted by Crippen LogP contribution is -2.15. The van der Waals surface area contributed by atoms with Gasteiger partial charge < -0.3 is 10.1 Å². The Kier molecular flexibility index (Phi) is 7.70. The Balaban J connectivity index is 1.61. The normalized spacial score (nSPS) is 10.6. The topological polar surface area (TPSA) is 69.0 Å². The van der Waals surface area contributed by atoms with Crippen molar-refractivity contribution in [2.45, 2.75) is 32.2 Å². The molecule has 6 nitrogen and oxygen atoms in total. The zero-order valence-corrected chi connectivity index (χ0v) is 19.3. The van der Waals surface area contributed by atoms with Crippen molar-refractivity contribution in [1.82, 2.24) is 14.8 Å². The van der Waals surface area contributed by atoms with Crippen LogP contribution < -0.4 is 10.1 Å². The number of anilines is 1. The maximum atomic E-state index is 12.4. The van der Waals surface area contributed by atoms with Crippen molar-refractivity contribution >= 4 is 39.3 Å². The van der Waals surface area contributed by atoms with Crippen molar-refractivity contribution < 1.29 is 9.53 Å². The molecule has 0 unspecified atom stereocenters. The van der Waals surface area contributed by atoms with E-state index < -0.39 is 0 Å². The second kappa shape index (κ2) is 10.4. The molecule has 0 aliphatic rings. The molecule has 0 radical (unpaired) electrons. The summed E-state index contributed by atoms with van der Waals surface area (Å²) in [6, 6.07) is 13.6. The maximum absolute atomic E-state index is 12.4. The summed E-state index contributed by atoms with van der Waals surface area (Å²) in [5.41, 5.74) is 2.96. The van der Waals surface area contributed by atoms with Gasteiger partial charge in [0.05, 0.1) is 5.75 Å². The number of thioether (sulfide) groups is 1. The summed E-state index contributed by atoms with van der Waals surface area (Å²) in [5, 5.41) is 12.1. The van der Waals surface area contributed by atoms with Gasteiger partial charge in [0, 0.05) is 16.7 Å². The Morgan fingerprint density at radius 2 is 2.00 bits per heavy atom. The van der Waals surface area contributed by atoms with Gasteiger partial charge in [-0.05, 0) is 49.7 Å². The summed E-state index contributed by atoms with van der Waals surface area (Å²) in [5.74, 6) is 1.58. The standard InChI is InChI=1S/C22H23BrN4O2S/c1-4-11-27-20(13-29-18-8-5-15(2)6-9-18)25-26-22(27)30-14-21(28)24-19-10-7-17(23)12-16(19)3/h4-10,12H,1,11,13-14H2,2-3H3,(H,24,28). The van der Waals surface area contributed by atoms with Crippen LogP contribution in [0.5, 0.6) is 5.75 Å². The number of rotatable bonds is 9. The molecule has 0 spiro atoms. The molecule has 1 aromatic heterocycles. The summed E-state index contributed by atoms with van der Waals surface area (Å²) >= 11 is 4.76. The van der Waals surface area contributed by atoms with Crippen LogP contribution in [0.3, 0.4) is 0 Å². The van der Waals surface area contributed by atoms with Gasteiger partial charge in [0.15, 0.2) is 11.0 Å². The summed E-state index contributed by atoms with van der Waals surface area (Å²) in [7, 11) is 0. The molecule has 30 heavy (non-hydrogen) atoms. The number of halogens is 1. The number of hydrogen-bond acceptors (Lipinski definition) is 5. The van der Waals surface area contributed by atoms with E-state index in [9.17, 15) is 4.79 Å². The van der Waals surface area contributed by atoms with Gasteiger partial charge in [0.1, 0.15) is 12.4 Å². The van der Waals surface area contributed by atoms with Gasteiger partial charge in [0.25, 0.3) is 0 Å². The van der Waals surface area contributed by atoms with Gasteiger partial charge in [-0.25, -0.2) is 0 Å². The first-order valence-corrected chi connectivity index (χ1v) is 11.2. The molecule has 0 bridgehead atoms. The number of carbonyl (C=O) groups excluding carboxylic acids is 1. The molecule has 1 heterocycles. The molecule has 8 heteroatoms. The van der Waals surface area contributed by atoms with Crippen LogP contribution in [0.25, 0.3) is 0 Å². The zero-order chi connectivity index (χ0) is 21.5. The molecule has 1 N–H and O–H groups in total. The first kappa shape index (κ1) is 22.1. The van der Waals surface area contributed by atoms with E-state index in [1.165, 1.54) is 17.3 Å². The van der Waals surface area contributed by atoms with E-state index >= 15 is 0 Å². The highest BCUT2D eigenvalue weighted by atomic mass is 79.9.